The molecular weight excluding hydrogens is 406 g/mol. The van der Waals surface area contributed by atoms with Crippen molar-refractivity contribution in [1.29, 1.82) is 0 Å². The third-order valence-corrected chi connectivity index (χ3v) is 7.35. The number of aliphatic imine (C=N–C) groups is 1. The minimum absolute atomic E-state index is 0.143. The third-order valence-electron chi connectivity index (χ3n) is 4.32. The first-order valence-electron chi connectivity index (χ1n) is 8.28. The predicted octanol–water partition coefficient (Wildman–Crippen LogP) is 2.43. The Morgan fingerprint density at radius 3 is 2.76 bits per heavy atom. The highest BCUT2D eigenvalue weighted by molar-refractivity contribution is 9.10. The summed E-state index contributed by atoms with van der Waals surface area (Å²) < 4.78 is 30.0. The Hall–Kier alpha value is -1.28. The van der Waals surface area contributed by atoms with Crippen LogP contribution in [0.2, 0.25) is 0 Å². The van der Waals surface area contributed by atoms with E-state index in [-0.39, 0.29) is 5.75 Å². The van der Waals surface area contributed by atoms with Gasteiger partial charge in [0.1, 0.15) is 5.75 Å². The monoisotopic (exact) mass is 431 g/mol. The Morgan fingerprint density at radius 1 is 1.44 bits per heavy atom. The molecular formula is C17H26BrN3O3S. The number of hydrogen-bond donors (Lipinski definition) is 1. The van der Waals surface area contributed by atoms with E-state index in [1.807, 2.05) is 30.0 Å². The van der Waals surface area contributed by atoms with Crippen LogP contribution in [0.4, 0.5) is 0 Å². The van der Waals surface area contributed by atoms with Gasteiger partial charge in [0.2, 0.25) is 0 Å². The van der Waals surface area contributed by atoms with Gasteiger partial charge in [-0.3, -0.25) is 0 Å². The van der Waals surface area contributed by atoms with Crippen LogP contribution in [0.25, 0.3) is 0 Å². The zero-order chi connectivity index (χ0) is 18.7. The molecule has 1 heterocycles. The molecule has 1 aliphatic heterocycles. The fourth-order valence-corrected chi connectivity index (χ4v) is 4.56. The lowest BCUT2D eigenvalue weighted by molar-refractivity contribution is 0.353. The van der Waals surface area contributed by atoms with Crippen molar-refractivity contribution in [2.24, 2.45) is 4.99 Å². The Kier molecular flexibility index (Phi) is 6.37. The average molecular weight is 432 g/mol. The molecule has 1 aromatic rings. The Morgan fingerprint density at radius 2 is 2.16 bits per heavy atom. The lowest BCUT2D eigenvalue weighted by Gasteiger charge is -2.39. The molecule has 2 rings (SSSR count). The lowest BCUT2D eigenvalue weighted by Crippen LogP contribution is -2.57. The van der Waals surface area contributed by atoms with E-state index in [2.05, 4.69) is 21.2 Å². The van der Waals surface area contributed by atoms with Crippen molar-refractivity contribution in [2.75, 3.05) is 32.5 Å². The van der Waals surface area contributed by atoms with Gasteiger partial charge in [0.25, 0.3) is 0 Å². The average Bonchev–Trinajstić information content (AvgIpc) is 2.54. The van der Waals surface area contributed by atoms with E-state index in [4.69, 9.17) is 9.73 Å². The van der Waals surface area contributed by atoms with Crippen molar-refractivity contribution in [2.45, 2.75) is 32.1 Å². The summed E-state index contributed by atoms with van der Waals surface area (Å²) in [6.07, 6.45) is 0. The van der Waals surface area contributed by atoms with Crippen LogP contribution in [0.15, 0.2) is 27.7 Å². The predicted molar refractivity (Wildman–Crippen MR) is 105 cm³/mol. The van der Waals surface area contributed by atoms with Gasteiger partial charge in [-0.1, -0.05) is 15.9 Å². The summed E-state index contributed by atoms with van der Waals surface area (Å²) in [6, 6.07) is 5.81. The van der Waals surface area contributed by atoms with Crippen molar-refractivity contribution in [3.63, 3.8) is 0 Å². The van der Waals surface area contributed by atoms with E-state index in [1.54, 1.807) is 21.0 Å². The maximum absolute atomic E-state index is 12.2. The molecule has 0 radical (unpaired) electrons. The summed E-state index contributed by atoms with van der Waals surface area (Å²) in [5, 5.41) is 3.27. The molecule has 1 aromatic carbocycles. The Bertz CT molecular complexity index is 748. The van der Waals surface area contributed by atoms with Crippen LogP contribution in [-0.4, -0.2) is 56.5 Å². The molecule has 0 aliphatic carbocycles. The molecule has 0 unspecified atom stereocenters. The van der Waals surface area contributed by atoms with Gasteiger partial charge >= 0.3 is 0 Å². The molecule has 1 saturated heterocycles. The van der Waals surface area contributed by atoms with E-state index in [0.29, 0.717) is 19.6 Å². The second kappa shape index (κ2) is 7.95. The van der Waals surface area contributed by atoms with E-state index in [0.717, 1.165) is 28.3 Å². The molecule has 1 N–H and O–H groups in total. The van der Waals surface area contributed by atoms with Crippen molar-refractivity contribution >= 4 is 31.7 Å². The van der Waals surface area contributed by atoms with Gasteiger partial charge in [-0.25, -0.2) is 13.4 Å². The fraction of sp³-hybridized carbons (Fsp3) is 0.588. The molecule has 0 atom stereocenters. The first-order chi connectivity index (χ1) is 11.7. The van der Waals surface area contributed by atoms with Gasteiger partial charge < -0.3 is 15.0 Å². The molecule has 0 aromatic heterocycles. The van der Waals surface area contributed by atoms with Crippen LogP contribution in [0, 0.1) is 0 Å². The normalized spacial score (nSPS) is 19.6. The largest absolute Gasteiger partial charge is 0.496 e. The van der Waals surface area contributed by atoms with Gasteiger partial charge in [0.05, 0.1) is 24.2 Å². The molecule has 8 heteroatoms. The molecule has 0 spiro atoms. The molecule has 6 nitrogen and oxygen atoms in total. The quantitative estimate of drug-likeness (QED) is 0.585. The van der Waals surface area contributed by atoms with Crippen LogP contribution in [0.5, 0.6) is 5.75 Å². The fourth-order valence-electron chi connectivity index (χ4n) is 2.78. The number of halogens is 1. The van der Waals surface area contributed by atoms with E-state index < -0.39 is 14.6 Å². The van der Waals surface area contributed by atoms with E-state index >= 15 is 0 Å². The Balaban J connectivity index is 2.24. The summed E-state index contributed by atoms with van der Waals surface area (Å²) in [4.78, 5) is 6.73. The number of guanidine groups is 1. The first-order valence-corrected chi connectivity index (χ1v) is 10.7. The highest BCUT2D eigenvalue weighted by atomic mass is 79.9. The van der Waals surface area contributed by atoms with Gasteiger partial charge in [0, 0.05) is 29.7 Å². The molecule has 0 amide bonds. The van der Waals surface area contributed by atoms with Gasteiger partial charge in [-0.2, -0.15) is 0 Å². The second-order valence-corrected chi connectivity index (χ2v) is 10.3. The summed E-state index contributed by atoms with van der Waals surface area (Å²) in [6.45, 7) is 7.60. The minimum Gasteiger partial charge on any atom is -0.496 e. The van der Waals surface area contributed by atoms with Crippen molar-refractivity contribution < 1.29 is 13.2 Å². The van der Waals surface area contributed by atoms with Crippen molar-refractivity contribution in [3.8, 4) is 5.75 Å². The smallest absolute Gasteiger partial charge is 0.194 e. The second-order valence-electron chi connectivity index (χ2n) is 6.63. The number of ether oxygens (including phenoxy) is 1. The SMILES string of the molecule is CCNC(=NCc1cc(Br)ccc1OC)N1CCS(=O)(=O)C(C)(C)C1. The van der Waals surface area contributed by atoms with E-state index in [9.17, 15) is 8.42 Å². The number of rotatable bonds is 4. The molecule has 25 heavy (non-hydrogen) atoms. The maximum Gasteiger partial charge on any atom is 0.194 e. The number of nitrogens with one attached hydrogen (secondary N) is 1. The highest BCUT2D eigenvalue weighted by Gasteiger charge is 2.40. The molecule has 0 bridgehead atoms. The molecule has 1 fully saturated rings. The number of benzene rings is 1. The van der Waals surface area contributed by atoms with Crippen molar-refractivity contribution in [3.05, 3.63) is 28.2 Å². The third kappa shape index (κ3) is 4.67. The van der Waals surface area contributed by atoms with Crippen molar-refractivity contribution in [1.82, 2.24) is 10.2 Å². The number of nitrogens with zero attached hydrogens (tertiary/aromatic N) is 2. The van der Waals surface area contributed by atoms with Crippen LogP contribution in [0.3, 0.4) is 0 Å². The highest BCUT2D eigenvalue weighted by Crippen LogP contribution is 2.25. The number of hydrogen-bond acceptors (Lipinski definition) is 4. The van der Waals surface area contributed by atoms with Gasteiger partial charge in [-0.15, -0.1) is 0 Å². The van der Waals surface area contributed by atoms with E-state index in [1.165, 1.54) is 0 Å². The topological polar surface area (TPSA) is 71.0 Å². The standard InChI is InChI=1S/C17H26BrN3O3S/c1-5-19-16(21-8-9-25(22,23)17(2,3)12-21)20-11-13-10-14(18)6-7-15(13)24-4/h6-7,10H,5,8-9,11-12H2,1-4H3,(H,19,20). The molecule has 140 valence electrons. The van der Waals surface area contributed by atoms with Crippen LogP contribution < -0.4 is 10.1 Å². The van der Waals surface area contributed by atoms with Crippen LogP contribution >= 0.6 is 15.9 Å². The summed E-state index contributed by atoms with van der Waals surface area (Å²) in [7, 11) is -1.44. The number of sulfone groups is 1. The number of methoxy groups -OCH3 is 1. The Labute approximate surface area is 158 Å². The molecule has 0 saturated carbocycles. The molecule has 1 aliphatic rings. The zero-order valence-corrected chi connectivity index (χ0v) is 17.6. The first kappa shape index (κ1) is 20.0. The van der Waals surface area contributed by atoms with Crippen LogP contribution in [0.1, 0.15) is 26.3 Å². The lowest BCUT2D eigenvalue weighted by atomic mass is 10.2. The maximum atomic E-state index is 12.2. The van der Waals surface area contributed by atoms with Crippen LogP contribution in [-0.2, 0) is 16.4 Å². The summed E-state index contributed by atoms with van der Waals surface area (Å²) in [5.74, 6) is 1.65. The minimum atomic E-state index is -3.08. The zero-order valence-electron chi connectivity index (χ0n) is 15.2. The summed E-state index contributed by atoms with van der Waals surface area (Å²) >= 11 is 3.47. The van der Waals surface area contributed by atoms with Gasteiger partial charge in [0.15, 0.2) is 15.8 Å². The van der Waals surface area contributed by atoms with Gasteiger partial charge in [-0.05, 0) is 39.0 Å². The summed E-state index contributed by atoms with van der Waals surface area (Å²) in [5.41, 5.74) is 0.969.